The molecule has 1 aromatic heterocycles. The molecule has 112 valence electrons. The second-order valence-electron chi connectivity index (χ2n) is 4.96. The highest BCUT2D eigenvalue weighted by atomic mass is 16.1. The Morgan fingerprint density at radius 3 is 2.52 bits per heavy atom. The first kappa shape index (κ1) is 15.1. The Balaban J connectivity index is 1.96. The average molecular weight is 288 g/mol. The van der Waals surface area contributed by atoms with Crippen molar-refractivity contribution in [1.29, 1.82) is 0 Å². The van der Waals surface area contributed by atoms with Crippen LogP contribution in [0.5, 0.6) is 0 Å². The number of benzene rings is 1. The summed E-state index contributed by atoms with van der Waals surface area (Å²) in [5, 5.41) is 11.3. The van der Waals surface area contributed by atoms with Crippen molar-refractivity contribution in [2.24, 2.45) is 0 Å². The van der Waals surface area contributed by atoms with Crippen LogP contribution in [-0.4, -0.2) is 28.7 Å². The van der Waals surface area contributed by atoms with E-state index in [4.69, 9.17) is 0 Å². The lowest BCUT2D eigenvalue weighted by molar-refractivity contribution is -0.116. The lowest BCUT2D eigenvalue weighted by atomic mass is 10.1. The maximum absolute atomic E-state index is 11.9. The lowest BCUT2D eigenvalue weighted by Crippen LogP contribution is -2.30. The fourth-order valence-corrected chi connectivity index (χ4v) is 2.13. The number of aromatic amines is 2. The van der Waals surface area contributed by atoms with E-state index in [9.17, 15) is 9.59 Å². The Morgan fingerprint density at radius 2 is 1.95 bits per heavy atom. The third-order valence-corrected chi connectivity index (χ3v) is 3.12. The van der Waals surface area contributed by atoms with Crippen molar-refractivity contribution in [2.75, 3.05) is 11.9 Å². The zero-order valence-corrected chi connectivity index (χ0v) is 12.2. The van der Waals surface area contributed by atoms with E-state index in [0.29, 0.717) is 6.42 Å². The fourth-order valence-electron chi connectivity index (χ4n) is 2.13. The van der Waals surface area contributed by atoms with Gasteiger partial charge in [-0.3, -0.25) is 19.8 Å². The van der Waals surface area contributed by atoms with Crippen LogP contribution >= 0.6 is 0 Å². The van der Waals surface area contributed by atoms with Crippen LogP contribution in [0, 0.1) is 0 Å². The molecule has 6 heteroatoms. The van der Waals surface area contributed by atoms with E-state index in [1.807, 2.05) is 38.1 Å². The van der Waals surface area contributed by atoms with Gasteiger partial charge in [-0.1, -0.05) is 19.1 Å². The molecule has 0 bridgehead atoms. The highest BCUT2D eigenvalue weighted by Crippen LogP contribution is 2.18. The number of hydrogen-bond acceptors (Lipinski definition) is 3. The van der Waals surface area contributed by atoms with Crippen molar-refractivity contribution in [2.45, 2.75) is 26.3 Å². The van der Waals surface area contributed by atoms with Crippen LogP contribution in [0.4, 0.5) is 5.69 Å². The molecule has 2 rings (SSSR count). The van der Waals surface area contributed by atoms with Crippen LogP contribution in [-0.2, 0) is 4.79 Å². The van der Waals surface area contributed by atoms with Gasteiger partial charge in [0.1, 0.15) is 0 Å². The molecule has 4 N–H and O–H groups in total. The smallest absolute Gasteiger partial charge is 0.264 e. The number of H-pyrrole nitrogens is 2. The maximum Gasteiger partial charge on any atom is 0.264 e. The third-order valence-electron chi connectivity index (χ3n) is 3.12. The molecule has 0 aliphatic heterocycles. The van der Waals surface area contributed by atoms with Crippen LogP contribution < -0.4 is 16.2 Å². The molecule has 0 radical (unpaired) electrons. The molecular formula is C15H20N4O2. The van der Waals surface area contributed by atoms with Crippen LogP contribution in [0.15, 0.2) is 35.1 Å². The normalized spacial score (nSPS) is 12.1. The number of hydrogen-bond donors (Lipinski definition) is 4. The number of amides is 1. The maximum atomic E-state index is 11.9. The van der Waals surface area contributed by atoms with Gasteiger partial charge in [0.15, 0.2) is 0 Å². The van der Waals surface area contributed by atoms with Gasteiger partial charge in [-0.25, -0.2) is 0 Å². The van der Waals surface area contributed by atoms with Gasteiger partial charge >= 0.3 is 0 Å². The molecule has 1 unspecified atom stereocenters. The Morgan fingerprint density at radius 1 is 1.24 bits per heavy atom. The quantitative estimate of drug-likeness (QED) is 0.652. The van der Waals surface area contributed by atoms with Crippen LogP contribution in [0.3, 0.4) is 0 Å². The molecule has 1 aromatic carbocycles. The van der Waals surface area contributed by atoms with Gasteiger partial charge in [0.25, 0.3) is 5.56 Å². The third kappa shape index (κ3) is 4.32. The molecule has 0 fully saturated rings. The highest BCUT2D eigenvalue weighted by Gasteiger charge is 2.08. The summed E-state index contributed by atoms with van der Waals surface area (Å²) in [5.74, 6) is -0.0220. The summed E-state index contributed by atoms with van der Waals surface area (Å²) in [7, 11) is 0. The molecule has 0 aliphatic carbocycles. The van der Waals surface area contributed by atoms with Gasteiger partial charge in [0.05, 0.1) is 5.69 Å². The van der Waals surface area contributed by atoms with Gasteiger partial charge < -0.3 is 10.6 Å². The summed E-state index contributed by atoms with van der Waals surface area (Å²) < 4.78 is 0. The minimum atomic E-state index is -0.167. The van der Waals surface area contributed by atoms with E-state index in [1.165, 1.54) is 6.07 Å². The molecule has 2 aromatic rings. The monoisotopic (exact) mass is 288 g/mol. The van der Waals surface area contributed by atoms with E-state index in [1.54, 1.807) is 0 Å². The summed E-state index contributed by atoms with van der Waals surface area (Å²) in [6.45, 7) is 4.84. The van der Waals surface area contributed by atoms with E-state index in [0.717, 1.165) is 23.5 Å². The van der Waals surface area contributed by atoms with Crippen molar-refractivity contribution >= 4 is 11.6 Å². The number of carbonyl (C=O) groups excluding carboxylic acids is 1. The number of aromatic nitrogens is 2. The molecule has 0 saturated carbocycles. The summed E-state index contributed by atoms with van der Waals surface area (Å²) in [4.78, 5) is 22.9. The van der Waals surface area contributed by atoms with E-state index >= 15 is 0 Å². The molecule has 0 spiro atoms. The lowest BCUT2D eigenvalue weighted by Gasteiger charge is -2.12. The highest BCUT2D eigenvalue weighted by molar-refractivity contribution is 5.91. The van der Waals surface area contributed by atoms with Gasteiger partial charge in [0, 0.05) is 24.2 Å². The number of nitrogens with one attached hydrogen (secondary N) is 4. The van der Waals surface area contributed by atoms with Gasteiger partial charge in [-0.15, -0.1) is 0 Å². The molecular weight excluding hydrogens is 268 g/mol. The Hall–Kier alpha value is -2.34. The fraction of sp³-hybridized carbons (Fsp3) is 0.333. The zero-order chi connectivity index (χ0) is 15.2. The van der Waals surface area contributed by atoms with E-state index < -0.39 is 0 Å². The van der Waals surface area contributed by atoms with Crippen molar-refractivity contribution in [1.82, 2.24) is 15.5 Å². The molecule has 0 aliphatic rings. The SMILES string of the molecule is CCNC(C)CC(=O)Nc1ccc(-c2cc(=O)[nH][nH]2)cc1. The van der Waals surface area contributed by atoms with Gasteiger partial charge in [-0.05, 0) is 31.2 Å². The second kappa shape index (κ2) is 6.90. The first-order valence-corrected chi connectivity index (χ1v) is 7.00. The number of anilines is 1. The van der Waals surface area contributed by atoms with Crippen LogP contribution in [0.25, 0.3) is 11.3 Å². The van der Waals surface area contributed by atoms with Crippen molar-refractivity contribution < 1.29 is 4.79 Å². The molecule has 0 saturated heterocycles. The summed E-state index contributed by atoms with van der Waals surface area (Å²) >= 11 is 0. The predicted octanol–water partition coefficient (Wildman–Crippen LogP) is 1.70. The first-order valence-electron chi connectivity index (χ1n) is 7.00. The summed E-state index contributed by atoms with van der Waals surface area (Å²) in [5.41, 5.74) is 2.18. The molecule has 21 heavy (non-hydrogen) atoms. The number of carbonyl (C=O) groups is 1. The minimum absolute atomic E-state index is 0.0220. The first-order chi connectivity index (χ1) is 10.1. The summed E-state index contributed by atoms with van der Waals surface area (Å²) in [6.07, 6.45) is 0.431. The predicted molar refractivity (Wildman–Crippen MR) is 83.2 cm³/mol. The largest absolute Gasteiger partial charge is 0.326 e. The Labute approximate surface area is 122 Å². The van der Waals surface area contributed by atoms with Gasteiger partial charge in [0.2, 0.25) is 5.91 Å². The Bertz CT molecular complexity index is 642. The zero-order valence-electron chi connectivity index (χ0n) is 12.2. The Kier molecular flexibility index (Phi) is 4.94. The summed E-state index contributed by atoms with van der Waals surface area (Å²) in [6, 6.07) is 8.97. The van der Waals surface area contributed by atoms with E-state index in [2.05, 4.69) is 20.8 Å². The van der Waals surface area contributed by atoms with Crippen molar-refractivity contribution in [3.8, 4) is 11.3 Å². The topological polar surface area (TPSA) is 89.8 Å². The van der Waals surface area contributed by atoms with Crippen LogP contribution in [0.2, 0.25) is 0 Å². The molecule has 1 heterocycles. The van der Waals surface area contributed by atoms with Crippen LogP contribution in [0.1, 0.15) is 20.3 Å². The minimum Gasteiger partial charge on any atom is -0.326 e. The molecule has 6 nitrogen and oxygen atoms in total. The number of rotatable bonds is 6. The van der Waals surface area contributed by atoms with Gasteiger partial charge in [-0.2, -0.15) is 0 Å². The average Bonchev–Trinajstić information content (AvgIpc) is 2.86. The molecule has 1 atom stereocenters. The standard InChI is InChI=1S/C15H20N4O2/c1-3-16-10(2)8-14(20)17-12-6-4-11(5-7-12)13-9-15(21)19-18-13/h4-7,9-10,16H,3,8H2,1-2H3,(H,17,20)(H2,18,19,21). The molecule has 1 amide bonds. The second-order valence-corrected chi connectivity index (χ2v) is 4.96. The van der Waals surface area contributed by atoms with Crippen molar-refractivity contribution in [3.05, 3.63) is 40.7 Å². The van der Waals surface area contributed by atoms with E-state index in [-0.39, 0.29) is 17.5 Å². The van der Waals surface area contributed by atoms with Crippen molar-refractivity contribution in [3.63, 3.8) is 0 Å².